The zero-order valence-electron chi connectivity index (χ0n) is 11.8. The number of nitrogens with zero attached hydrogens (tertiary/aromatic N) is 1. The van der Waals surface area contributed by atoms with Crippen LogP contribution in [0, 0.1) is 6.92 Å². The molecule has 4 nitrogen and oxygen atoms in total. The van der Waals surface area contributed by atoms with Gasteiger partial charge in [-0.05, 0) is 45.7 Å². The lowest BCUT2D eigenvalue weighted by Gasteiger charge is -2.38. The number of rotatable bonds is 2. The Balaban J connectivity index is 2.14. The van der Waals surface area contributed by atoms with Crippen LogP contribution >= 0.6 is 0 Å². The van der Waals surface area contributed by atoms with E-state index < -0.39 is 0 Å². The Labute approximate surface area is 114 Å². The molecule has 1 aromatic carbocycles. The molecule has 2 rings (SSSR count). The van der Waals surface area contributed by atoms with Crippen molar-refractivity contribution in [1.82, 2.24) is 10.4 Å². The maximum absolute atomic E-state index is 12.3. The predicted octanol–water partition coefficient (Wildman–Crippen LogP) is 2.61. The maximum Gasteiger partial charge on any atom is 0.265 e. The molecule has 2 atom stereocenters. The highest BCUT2D eigenvalue weighted by molar-refractivity contribution is 5.95. The topological polar surface area (TPSA) is 52.6 Å². The molecule has 4 heteroatoms. The van der Waals surface area contributed by atoms with E-state index in [1.807, 2.05) is 5.01 Å². The SMILES string of the molecule is Cc1c(O)cccc1C(=O)NN1C(C)CCCC1C. The summed E-state index contributed by atoms with van der Waals surface area (Å²) in [4.78, 5) is 12.3. The maximum atomic E-state index is 12.3. The molecule has 1 amide bonds. The molecule has 1 aromatic rings. The van der Waals surface area contributed by atoms with Crippen LogP contribution in [0.4, 0.5) is 0 Å². The Morgan fingerprint density at radius 1 is 1.32 bits per heavy atom. The van der Waals surface area contributed by atoms with Crippen LogP contribution in [-0.4, -0.2) is 28.1 Å². The number of phenolic OH excluding ortho intramolecular Hbond substituents is 1. The fourth-order valence-electron chi connectivity index (χ4n) is 2.69. The van der Waals surface area contributed by atoms with Crippen molar-refractivity contribution in [2.75, 3.05) is 0 Å². The van der Waals surface area contributed by atoms with E-state index in [1.54, 1.807) is 25.1 Å². The molecule has 0 aliphatic carbocycles. The van der Waals surface area contributed by atoms with Crippen LogP contribution in [-0.2, 0) is 0 Å². The molecule has 104 valence electrons. The molecule has 0 spiro atoms. The van der Waals surface area contributed by atoms with Crippen molar-refractivity contribution >= 4 is 5.91 Å². The number of hydrazine groups is 1. The Morgan fingerprint density at radius 2 is 1.95 bits per heavy atom. The summed E-state index contributed by atoms with van der Waals surface area (Å²) < 4.78 is 0. The number of carbonyl (C=O) groups is 1. The smallest absolute Gasteiger partial charge is 0.265 e. The summed E-state index contributed by atoms with van der Waals surface area (Å²) in [6, 6.07) is 5.73. The highest BCUT2D eigenvalue weighted by Gasteiger charge is 2.26. The Hall–Kier alpha value is -1.55. The molecule has 1 heterocycles. The van der Waals surface area contributed by atoms with E-state index in [2.05, 4.69) is 19.3 Å². The fraction of sp³-hybridized carbons (Fsp3) is 0.533. The largest absolute Gasteiger partial charge is 0.508 e. The van der Waals surface area contributed by atoms with Gasteiger partial charge in [-0.3, -0.25) is 10.2 Å². The highest BCUT2D eigenvalue weighted by Crippen LogP contribution is 2.22. The molecular weight excluding hydrogens is 240 g/mol. The molecule has 2 N–H and O–H groups in total. The van der Waals surface area contributed by atoms with E-state index in [-0.39, 0.29) is 11.7 Å². The van der Waals surface area contributed by atoms with Gasteiger partial charge in [0, 0.05) is 23.2 Å². The van der Waals surface area contributed by atoms with Crippen LogP contribution in [0.5, 0.6) is 5.75 Å². The van der Waals surface area contributed by atoms with Gasteiger partial charge in [0.25, 0.3) is 5.91 Å². The van der Waals surface area contributed by atoms with Crippen LogP contribution < -0.4 is 5.43 Å². The number of hydrogen-bond donors (Lipinski definition) is 2. The van der Waals surface area contributed by atoms with Crippen LogP contribution in [0.25, 0.3) is 0 Å². The van der Waals surface area contributed by atoms with E-state index in [0.717, 1.165) is 12.8 Å². The number of aromatic hydroxyl groups is 1. The highest BCUT2D eigenvalue weighted by atomic mass is 16.3. The van der Waals surface area contributed by atoms with E-state index in [9.17, 15) is 9.90 Å². The van der Waals surface area contributed by atoms with E-state index in [4.69, 9.17) is 0 Å². The molecule has 0 bridgehead atoms. The van der Waals surface area contributed by atoms with Gasteiger partial charge in [0.15, 0.2) is 0 Å². The van der Waals surface area contributed by atoms with Gasteiger partial charge >= 0.3 is 0 Å². The van der Waals surface area contributed by atoms with E-state index >= 15 is 0 Å². The fourth-order valence-corrected chi connectivity index (χ4v) is 2.69. The van der Waals surface area contributed by atoms with Gasteiger partial charge in [-0.15, -0.1) is 0 Å². The lowest BCUT2D eigenvalue weighted by atomic mass is 9.99. The average Bonchev–Trinajstić information content (AvgIpc) is 2.37. The van der Waals surface area contributed by atoms with Crippen molar-refractivity contribution in [2.24, 2.45) is 0 Å². The summed E-state index contributed by atoms with van der Waals surface area (Å²) in [5.74, 6) is 0.0152. The first-order valence-electron chi connectivity index (χ1n) is 6.88. The minimum atomic E-state index is -0.144. The van der Waals surface area contributed by atoms with Gasteiger partial charge < -0.3 is 5.11 Å². The number of benzene rings is 1. The van der Waals surface area contributed by atoms with Crippen LogP contribution in [0.15, 0.2) is 18.2 Å². The van der Waals surface area contributed by atoms with Crippen molar-refractivity contribution in [3.05, 3.63) is 29.3 Å². The minimum absolute atomic E-state index is 0.144. The first kappa shape index (κ1) is 13.9. The second-order valence-corrected chi connectivity index (χ2v) is 5.43. The Morgan fingerprint density at radius 3 is 2.58 bits per heavy atom. The molecule has 1 aliphatic rings. The summed E-state index contributed by atoms with van der Waals surface area (Å²) in [6.07, 6.45) is 3.41. The summed E-state index contributed by atoms with van der Waals surface area (Å²) >= 11 is 0. The van der Waals surface area contributed by atoms with Crippen molar-refractivity contribution < 1.29 is 9.90 Å². The van der Waals surface area contributed by atoms with Gasteiger partial charge in [0.2, 0.25) is 0 Å². The van der Waals surface area contributed by atoms with Crippen LogP contribution in [0.2, 0.25) is 0 Å². The van der Waals surface area contributed by atoms with Gasteiger partial charge in [0.1, 0.15) is 5.75 Å². The summed E-state index contributed by atoms with van der Waals surface area (Å²) in [6.45, 7) is 6.02. The molecule has 1 aliphatic heterocycles. The van der Waals surface area contributed by atoms with Crippen molar-refractivity contribution in [2.45, 2.75) is 52.1 Å². The van der Waals surface area contributed by atoms with Crippen LogP contribution in [0.3, 0.4) is 0 Å². The summed E-state index contributed by atoms with van der Waals surface area (Å²) in [5.41, 5.74) is 4.14. The molecule has 0 aromatic heterocycles. The molecule has 0 saturated carbocycles. The first-order chi connectivity index (χ1) is 9.00. The Bertz CT molecular complexity index is 463. The average molecular weight is 262 g/mol. The van der Waals surface area contributed by atoms with Crippen molar-refractivity contribution in [1.29, 1.82) is 0 Å². The van der Waals surface area contributed by atoms with Crippen molar-refractivity contribution in [3.8, 4) is 5.75 Å². The molecular formula is C15H22N2O2. The molecule has 1 saturated heterocycles. The minimum Gasteiger partial charge on any atom is -0.508 e. The normalized spacial score (nSPS) is 24.2. The summed E-state index contributed by atoms with van der Waals surface area (Å²) in [5, 5.41) is 11.7. The lowest BCUT2D eigenvalue weighted by Crippen LogP contribution is -2.54. The zero-order valence-corrected chi connectivity index (χ0v) is 11.8. The quantitative estimate of drug-likeness (QED) is 0.861. The second kappa shape index (κ2) is 5.61. The number of piperidine rings is 1. The van der Waals surface area contributed by atoms with Gasteiger partial charge in [-0.25, -0.2) is 5.01 Å². The standard InChI is InChI=1S/C15H22N2O2/c1-10-6-4-7-11(2)17(10)16-15(19)13-8-5-9-14(18)12(13)3/h5,8-11,18H,4,6-7H2,1-3H3,(H,16,19). The van der Waals surface area contributed by atoms with Crippen LogP contribution in [0.1, 0.15) is 49.0 Å². The molecule has 19 heavy (non-hydrogen) atoms. The van der Waals surface area contributed by atoms with E-state index in [0.29, 0.717) is 23.2 Å². The van der Waals surface area contributed by atoms with Gasteiger partial charge in [-0.1, -0.05) is 12.5 Å². The number of phenols is 1. The first-order valence-corrected chi connectivity index (χ1v) is 6.88. The molecule has 0 radical (unpaired) electrons. The number of carbonyl (C=O) groups excluding carboxylic acids is 1. The number of nitrogens with one attached hydrogen (secondary N) is 1. The lowest BCUT2D eigenvalue weighted by molar-refractivity contribution is 0.0369. The summed E-state index contributed by atoms with van der Waals surface area (Å²) in [7, 11) is 0. The van der Waals surface area contributed by atoms with Crippen molar-refractivity contribution in [3.63, 3.8) is 0 Å². The van der Waals surface area contributed by atoms with Gasteiger partial charge in [-0.2, -0.15) is 0 Å². The third-order valence-electron chi connectivity index (χ3n) is 3.97. The second-order valence-electron chi connectivity index (χ2n) is 5.43. The number of hydrogen-bond acceptors (Lipinski definition) is 3. The Kier molecular flexibility index (Phi) is 4.10. The third-order valence-corrected chi connectivity index (χ3v) is 3.97. The monoisotopic (exact) mass is 262 g/mol. The zero-order chi connectivity index (χ0) is 14.0. The van der Waals surface area contributed by atoms with E-state index in [1.165, 1.54) is 6.42 Å². The molecule has 1 fully saturated rings. The molecule has 2 unspecified atom stereocenters. The number of amides is 1. The predicted molar refractivity (Wildman–Crippen MR) is 74.9 cm³/mol. The third kappa shape index (κ3) is 2.89. The van der Waals surface area contributed by atoms with Gasteiger partial charge in [0.05, 0.1) is 0 Å².